The van der Waals surface area contributed by atoms with Gasteiger partial charge in [-0.1, -0.05) is 37.6 Å². The van der Waals surface area contributed by atoms with Crippen LogP contribution < -0.4 is 10.6 Å². The molecule has 128 valence electrons. The van der Waals surface area contributed by atoms with Crippen LogP contribution in [0.1, 0.15) is 33.3 Å². The van der Waals surface area contributed by atoms with E-state index >= 15 is 0 Å². The minimum atomic E-state index is -0.619. The van der Waals surface area contributed by atoms with Crippen LogP contribution in [0.15, 0.2) is 24.3 Å². The van der Waals surface area contributed by atoms with Crippen LogP contribution in [0.5, 0.6) is 0 Å². The van der Waals surface area contributed by atoms with Crippen molar-refractivity contribution < 1.29 is 14.3 Å². The SMILES string of the molecule is CC(C)OC(=O)NC(C(=O)NCCc1ccc(Cl)cc1)C(C)C. The molecule has 2 amide bonds. The molecular weight excluding hydrogens is 316 g/mol. The Morgan fingerprint density at radius 1 is 1.13 bits per heavy atom. The van der Waals surface area contributed by atoms with Gasteiger partial charge in [-0.25, -0.2) is 4.79 Å². The molecule has 6 heteroatoms. The number of alkyl carbamates (subject to hydrolysis) is 1. The highest BCUT2D eigenvalue weighted by atomic mass is 35.5. The number of carbonyl (C=O) groups excluding carboxylic acids is 2. The second-order valence-corrected chi connectivity index (χ2v) is 6.42. The lowest BCUT2D eigenvalue weighted by molar-refractivity contribution is -0.124. The molecule has 1 atom stereocenters. The van der Waals surface area contributed by atoms with Crippen molar-refractivity contribution in [1.29, 1.82) is 0 Å². The Morgan fingerprint density at radius 2 is 1.74 bits per heavy atom. The van der Waals surface area contributed by atoms with Gasteiger partial charge in [0.15, 0.2) is 0 Å². The minimum Gasteiger partial charge on any atom is -0.447 e. The maximum absolute atomic E-state index is 12.2. The first-order valence-corrected chi connectivity index (χ1v) is 8.16. The van der Waals surface area contributed by atoms with Crippen molar-refractivity contribution in [3.63, 3.8) is 0 Å². The Bertz CT molecular complexity index is 515. The van der Waals surface area contributed by atoms with E-state index in [0.717, 1.165) is 5.56 Å². The van der Waals surface area contributed by atoms with Gasteiger partial charge >= 0.3 is 6.09 Å². The molecule has 0 spiro atoms. The molecule has 2 N–H and O–H groups in total. The van der Waals surface area contributed by atoms with Crippen LogP contribution in [0.25, 0.3) is 0 Å². The first-order chi connectivity index (χ1) is 10.8. The number of carbonyl (C=O) groups is 2. The van der Waals surface area contributed by atoms with E-state index in [0.29, 0.717) is 18.0 Å². The summed E-state index contributed by atoms with van der Waals surface area (Å²) in [5.74, 6) is -0.250. The number of hydrogen-bond acceptors (Lipinski definition) is 3. The molecule has 0 radical (unpaired) electrons. The van der Waals surface area contributed by atoms with Gasteiger partial charge in [-0.3, -0.25) is 4.79 Å². The molecule has 1 unspecified atom stereocenters. The van der Waals surface area contributed by atoms with Crippen LogP contribution in [0, 0.1) is 5.92 Å². The molecule has 1 aromatic rings. The molecule has 0 heterocycles. The van der Waals surface area contributed by atoms with Crippen molar-refractivity contribution >= 4 is 23.6 Å². The molecule has 0 aliphatic heterocycles. The van der Waals surface area contributed by atoms with E-state index < -0.39 is 12.1 Å². The standard InChI is InChI=1S/C17H25ClN2O3/c1-11(2)15(20-17(22)23-12(3)4)16(21)19-10-9-13-5-7-14(18)8-6-13/h5-8,11-12,15H,9-10H2,1-4H3,(H,19,21)(H,20,22). The monoisotopic (exact) mass is 340 g/mol. The van der Waals surface area contributed by atoms with E-state index in [1.165, 1.54) is 0 Å². The zero-order valence-electron chi connectivity index (χ0n) is 14.1. The van der Waals surface area contributed by atoms with Crippen LogP contribution in [0.3, 0.4) is 0 Å². The van der Waals surface area contributed by atoms with Gasteiger partial charge in [-0.05, 0) is 43.9 Å². The molecule has 5 nitrogen and oxygen atoms in total. The van der Waals surface area contributed by atoms with Crippen LogP contribution in [-0.4, -0.2) is 30.7 Å². The van der Waals surface area contributed by atoms with E-state index in [4.69, 9.17) is 16.3 Å². The minimum absolute atomic E-state index is 0.0368. The predicted octanol–water partition coefficient (Wildman–Crippen LogP) is 3.16. The van der Waals surface area contributed by atoms with E-state index in [-0.39, 0.29) is 17.9 Å². The second-order valence-electron chi connectivity index (χ2n) is 5.99. The topological polar surface area (TPSA) is 67.4 Å². The van der Waals surface area contributed by atoms with Crippen molar-refractivity contribution in [2.24, 2.45) is 5.92 Å². The fourth-order valence-corrected chi connectivity index (χ4v) is 2.13. The van der Waals surface area contributed by atoms with Gasteiger partial charge in [0.25, 0.3) is 0 Å². The van der Waals surface area contributed by atoms with Crippen LogP contribution in [0.2, 0.25) is 5.02 Å². The molecule has 0 fully saturated rings. The summed E-state index contributed by atoms with van der Waals surface area (Å²) in [4.78, 5) is 23.9. The highest BCUT2D eigenvalue weighted by Gasteiger charge is 2.24. The Kier molecular flexibility index (Phi) is 7.89. The van der Waals surface area contributed by atoms with Gasteiger partial charge in [-0.2, -0.15) is 0 Å². The Labute approximate surface area is 142 Å². The number of rotatable bonds is 7. The Morgan fingerprint density at radius 3 is 2.26 bits per heavy atom. The van der Waals surface area contributed by atoms with Gasteiger partial charge in [0.2, 0.25) is 5.91 Å². The van der Waals surface area contributed by atoms with Gasteiger partial charge < -0.3 is 15.4 Å². The fraction of sp³-hybridized carbons (Fsp3) is 0.529. The van der Waals surface area contributed by atoms with E-state index in [9.17, 15) is 9.59 Å². The van der Waals surface area contributed by atoms with Gasteiger partial charge in [0.1, 0.15) is 6.04 Å². The molecular formula is C17H25ClN2O3. The number of benzene rings is 1. The van der Waals surface area contributed by atoms with Crippen LogP contribution in [0.4, 0.5) is 4.79 Å². The summed E-state index contributed by atoms with van der Waals surface area (Å²) in [5, 5.41) is 6.14. The zero-order valence-corrected chi connectivity index (χ0v) is 14.8. The third-order valence-electron chi connectivity index (χ3n) is 3.19. The first kappa shape index (κ1) is 19.3. The van der Waals surface area contributed by atoms with Gasteiger partial charge in [0, 0.05) is 11.6 Å². The predicted molar refractivity (Wildman–Crippen MR) is 91.5 cm³/mol. The number of ether oxygens (including phenoxy) is 1. The molecule has 0 aliphatic rings. The lowest BCUT2D eigenvalue weighted by Crippen LogP contribution is -2.50. The number of amides is 2. The number of halogens is 1. The maximum Gasteiger partial charge on any atom is 0.408 e. The average Bonchev–Trinajstić information content (AvgIpc) is 2.45. The smallest absolute Gasteiger partial charge is 0.408 e. The van der Waals surface area contributed by atoms with Gasteiger partial charge in [0.05, 0.1) is 6.10 Å². The van der Waals surface area contributed by atoms with Crippen LogP contribution >= 0.6 is 11.6 Å². The summed E-state index contributed by atoms with van der Waals surface area (Å²) < 4.78 is 5.02. The van der Waals surface area contributed by atoms with Crippen molar-refractivity contribution in [2.45, 2.75) is 46.3 Å². The van der Waals surface area contributed by atoms with Gasteiger partial charge in [-0.15, -0.1) is 0 Å². The summed E-state index contributed by atoms with van der Waals surface area (Å²) in [6, 6.07) is 6.86. The summed E-state index contributed by atoms with van der Waals surface area (Å²) in [5.41, 5.74) is 1.09. The largest absolute Gasteiger partial charge is 0.447 e. The quantitative estimate of drug-likeness (QED) is 0.801. The molecule has 0 aromatic heterocycles. The molecule has 23 heavy (non-hydrogen) atoms. The second kappa shape index (κ2) is 9.40. The highest BCUT2D eigenvalue weighted by molar-refractivity contribution is 6.30. The maximum atomic E-state index is 12.2. The van der Waals surface area contributed by atoms with Crippen molar-refractivity contribution in [1.82, 2.24) is 10.6 Å². The highest BCUT2D eigenvalue weighted by Crippen LogP contribution is 2.09. The Balaban J connectivity index is 2.47. The van der Waals surface area contributed by atoms with Crippen LogP contribution in [-0.2, 0) is 16.0 Å². The number of nitrogens with one attached hydrogen (secondary N) is 2. The third-order valence-corrected chi connectivity index (χ3v) is 3.44. The molecule has 0 saturated carbocycles. The van der Waals surface area contributed by atoms with Crippen molar-refractivity contribution in [3.05, 3.63) is 34.9 Å². The van der Waals surface area contributed by atoms with E-state index in [2.05, 4.69) is 10.6 Å². The summed E-state index contributed by atoms with van der Waals surface area (Å²) in [6.45, 7) is 7.76. The zero-order chi connectivity index (χ0) is 17.4. The molecule has 0 aliphatic carbocycles. The fourth-order valence-electron chi connectivity index (χ4n) is 2.00. The number of hydrogen-bond donors (Lipinski definition) is 2. The molecule has 0 bridgehead atoms. The molecule has 1 aromatic carbocycles. The summed E-state index contributed by atoms with van der Waals surface area (Å²) >= 11 is 5.84. The van der Waals surface area contributed by atoms with Crippen molar-refractivity contribution in [3.8, 4) is 0 Å². The molecule has 0 saturated heterocycles. The first-order valence-electron chi connectivity index (χ1n) is 7.79. The van der Waals surface area contributed by atoms with Crippen molar-refractivity contribution in [2.75, 3.05) is 6.54 Å². The summed E-state index contributed by atoms with van der Waals surface area (Å²) in [7, 11) is 0. The van der Waals surface area contributed by atoms with E-state index in [1.807, 2.05) is 38.1 Å². The Hall–Kier alpha value is -1.75. The third kappa shape index (κ3) is 7.37. The van der Waals surface area contributed by atoms with E-state index in [1.54, 1.807) is 13.8 Å². The molecule has 1 rings (SSSR count). The lowest BCUT2D eigenvalue weighted by Gasteiger charge is -2.22. The lowest BCUT2D eigenvalue weighted by atomic mass is 10.0. The summed E-state index contributed by atoms with van der Waals surface area (Å²) in [6.07, 6.45) is -0.105. The average molecular weight is 341 g/mol. The normalized spacial score (nSPS) is 12.1.